The first-order chi connectivity index (χ1) is 7.54. The SMILES string of the molecule is N=CCCOCC(O)C(O)C(O)C(O)CO. The Morgan fingerprint density at radius 3 is 2.12 bits per heavy atom. The third kappa shape index (κ3) is 5.50. The van der Waals surface area contributed by atoms with Crippen LogP contribution >= 0.6 is 0 Å². The minimum Gasteiger partial charge on any atom is -0.394 e. The quantitative estimate of drug-likeness (QED) is 0.193. The molecular weight excluding hydrogens is 218 g/mol. The summed E-state index contributed by atoms with van der Waals surface area (Å²) < 4.78 is 4.90. The average molecular weight is 237 g/mol. The Bertz CT molecular complexity index is 191. The Labute approximate surface area is 93.4 Å². The van der Waals surface area contributed by atoms with E-state index in [2.05, 4.69) is 0 Å². The summed E-state index contributed by atoms with van der Waals surface area (Å²) in [4.78, 5) is 0. The number of aliphatic hydroxyl groups excluding tert-OH is 5. The maximum Gasteiger partial charge on any atom is 0.111 e. The lowest BCUT2D eigenvalue weighted by atomic mass is 10.0. The molecule has 0 spiro atoms. The maximum absolute atomic E-state index is 9.35. The van der Waals surface area contributed by atoms with Crippen LogP contribution in [0.25, 0.3) is 0 Å². The smallest absolute Gasteiger partial charge is 0.111 e. The van der Waals surface area contributed by atoms with E-state index in [9.17, 15) is 15.3 Å². The van der Waals surface area contributed by atoms with Crippen LogP contribution in [0.4, 0.5) is 0 Å². The minimum absolute atomic E-state index is 0.218. The molecule has 0 saturated carbocycles. The Morgan fingerprint density at radius 2 is 1.62 bits per heavy atom. The van der Waals surface area contributed by atoms with E-state index in [1.54, 1.807) is 0 Å². The van der Waals surface area contributed by atoms with E-state index in [0.29, 0.717) is 6.42 Å². The van der Waals surface area contributed by atoms with Gasteiger partial charge in [0, 0.05) is 6.42 Å². The Kier molecular flexibility index (Phi) is 8.26. The average Bonchev–Trinajstić information content (AvgIpc) is 2.31. The molecule has 7 heteroatoms. The van der Waals surface area contributed by atoms with Gasteiger partial charge in [0.1, 0.15) is 24.4 Å². The second-order valence-electron chi connectivity index (χ2n) is 3.37. The van der Waals surface area contributed by atoms with Crippen LogP contribution in [0.15, 0.2) is 0 Å². The first kappa shape index (κ1) is 15.4. The van der Waals surface area contributed by atoms with Crippen LogP contribution in [0.1, 0.15) is 6.42 Å². The highest BCUT2D eigenvalue weighted by molar-refractivity contribution is 5.52. The van der Waals surface area contributed by atoms with Crippen molar-refractivity contribution in [2.24, 2.45) is 0 Å². The summed E-state index contributed by atoms with van der Waals surface area (Å²) in [6, 6.07) is 0. The van der Waals surface area contributed by atoms with Gasteiger partial charge in [0.15, 0.2) is 0 Å². The van der Waals surface area contributed by atoms with Crippen LogP contribution in [-0.2, 0) is 4.74 Å². The molecule has 0 aliphatic rings. The first-order valence-corrected chi connectivity index (χ1v) is 4.94. The van der Waals surface area contributed by atoms with Gasteiger partial charge in [-0.3, -0.25) is 0 Å². The van der Waals surface area contributed by atoms with Gasteiger partial charge in [-0.15, -0.1) is 0 Å². The molecule has 4 atom stereocenters. The van der Waals surface area contributed by atoms with Crippen LogP contribution in [0, 0.1) is 5.41 Å². The molecule has 7 nitrogen and oxygen atoms in total. The molecule has 0 radical (unpaired) electrons. The molecule has 0 heterocycles. The zero-order valence-electron chi connectivity index (χ0n) is 8.86. The van der Waals surface area contributed by atoms with Gasteiger partial charge in [-0.1, -0.05) is 0 Å². The molecule has 0 saturated heterocycles. The summed E-state index contributed by atoms with van der Waals surface area (Å²) in [6.45, 7) is -0.699. The standard InChI is InChI=1S/C9H19NO6/c10-2-1-3-16-5-7(13)9(15)8(14)6(12)4-11/h2,6-15H,1,3-5H2. The molecule has 0 aromatic rings. The fourth-order valence-electron chi connectivity index (χ4n) is 1.01. The minimum atomic E-state index is -1.63. The van der Waals surface area contributed by atoms with Crippen LogP contribution in [0.2, 0.25) is 0 Å². The molecule has 4 unspecified atom stereocenters. The van der Waals surface area contributed by atoms with Crippen molar-refractivity contribution in [2.45, 2.75) is 30.8 Å². The molecule has 0 fully saturated rings. The molecule has 0 rings (SSSR count). The fraction of sp³-hybridized carbons (Fsp3) is 0.889. The summed E-state index contributed by atoms with van der Waals surface area (Å²) in [5, 5.41) is 52.2. The van der Waals surface area contributed by atoms with Crippen molar-refractivity contribution in [3.8, 4) is 0 Å². The molecular formula is C9H19NO6. The lowest BCUT2D eigenvalue weighted by molar-refractivity contribution is -0.128. The van der Waals surface area contributed by atoms with Crippen LogP contribution in [-0.4, -0.2) is 76.0 Å². The predicted molar refractivity (Wildman–Crippen MR) is 55.3 cm³/mol. The monoisotopic (exact) mass is 237 g/mol. The summed E-state index contributed by atoms with van der Waals surface area (Å²) in [7, 11) is 0. The van der Waals surface area contributed by atoms with Crippen molar-refractivity contribution in [3.63, 3.8) is 0 Å². The van der Waals surface area contributed by atoms with Crippen molar-refractivity contribution in [1.29, 1.82) is 5.41 Å². The van der Waals surface area contributed by atoms with Gasteiger partial charge in [-0.2, -0.15) is 0 Å². The molecule has 0 amide bonds. The second kappa shape index (κ2) is 8.57. The molecule has 6 N–H and O–H groups in total. The fourth-order valence-corrected chi connectivity index (χ4v) is 1.01. The number of hydrogen-bond donors (Lipinski definition) is 6. The van der Waals surface area contributed by atoms with Crippen molar-refractivity contribution >= 4 is 6.21 Å². The summed E-state index contributed by atoms with van der Waals surface area (Å²) in [5.41, 5.74) is 0. The number of nitrogens with one attached hydrogen (secondary N) is 1. The largest absolute Gasteiger partial charge is 0.394 e. The van der Waals surface area contributed by atoms with E-state index in [-0.39, 0.29) is 13.2 Å². The molecule has 0 aromatic heterocycles. The van der Waals surface area contributed by atoms with Crippen molar-refractivity contribution in [2.75, 3.05) is 19.8 Å². The van der Waals surface area contributed by atoms with Crippen LogP contribution < -0.4 is 0 Å². The number of aliphatic hydroxyl groups is 5. The first-order valence-electron chi connectivity index (χ1n) is 4.94. The topological polar surface area (TPSA) is 134 Å². The van der Waals surface area contributed by atoms with Crippen LogP contribution in [0.3, 0.4) is 0 Å². The highest BCUT2D eigenvalue weighted by atomic mass is 16.5. The number of hydrogen-bond acceptors (Lipinski definition) is 7. The van der Waals surface area contributed by atoms with E-state index in [4.69, 9.17) is 20.4 Å². The third-order valence-electron chi connectivity index (χ3n) is 2.02. The van der Waals surface area contributed by atoms with Crippen molar-refractivity contribution in [1.82, 2.24) is 0 Å². The molecule has 0 aliphatic heterocycles. The van der Waals surface area contributed by atoms with E-state index in [0.717, 1.165) is 6.21 Å². The summed E-state index contributed by atoms with van der Waals surface area (Å²) >= 11 is 0. The van der Waals surface area contributed by atoms with Gasteiger partial charge < -0.3 is 35.7 Å². The molecule has 0 bridgehead atoms. The molecule has 0 aliphatic carbocycles. The van der Waals surface area contributed by atoms with Gasteiger partial charge in [0.05, 0.1) is 19.8 Å². The third-order valence-corrected chi connectivity index (χ3v) is 2.02. The zero-order chi connectivity index (χ0) is 12.6. The van der Waals surface area contributed by atoms with Gasteiger partial charge in [-0.25, -0.2) is 0 Å². The van der Waals surface area contributed by atoms with Crippen molar-refractivity contribution in [3.05, 3.63) is 0 Å². The maximum atomic E-state index is 9.35. The van der Waals surface area contributed by atoms with E-state index >= 15 is 0 Å². The Morgan fingerprint density at radius 1 is 1.06 bits per heavy atom. The molecule has 0 aromatic carbocycles. The van der Waals surface area contributed by atoms with E-state index in [1.807, 2.05) is 0 Å². The van der Waals surface area contributed by atoms with Gasteiger partial charge >= 0.3 is 0 Å². The van der Waals surface area contributed by atoms with Gasteiger partial charge in [-0.05, 0) is 6.21 Å². The van der Waals surface area contributed by atoms with Gasteiger partial charge in [0.25, 0.3) is 0 Å². The highest BCUT2D eigenvalue weighted by Crippen LogP contribution is 2.05. The highest BCUT2D eigenvalue weighted by Gasteiger charge is 2.29. The predicted octanol–water partition coefficient (Wildman–Crippen LogP) is -2.52. The Balaban J connectivity index is 3.87. The zero-order valence-corrected chi connectivity index (χ0v) is 8.86. The molecule has 96 valence electrons. The van der Waals surface area contributed by atoms with Crippen molar-refractivity contribution < 1.29 is 30.3 Å². The molecule has 16 heavy (non-hydrogen) atoms. The van der Waals surface area contributed by atoms with Crippen LogP contribution in [0.5, 0.6) is 0 Å². The normalized spacial score (nSPS) is 18.8. The number of rotatable bonds is 9. The van der Waals surface area contributed by atoms with Gasteiger partial charge in [0.2, 0.25) is 0 Å². The second-order valence-corrected chi connectivity index (χ2v) is 3.37. The number of ether oxygens (including phenoxy) is 1. The lowest BCUT2D eigenvalue weighted by Gasteiger charge is -2.25. The van der Waals surface area contributed by atoms with E-state index < -0.39 is 31.0 Å². The lowest BCUT2D eigenvalue weighted by Crippen LogP contribution is -2.47. The summed E-state index contributed by atoms with van der Waals surface area (Å²) in [6.07, 6.45) is -4.56. The van der Waals surface area contributed by atoms with E-state index in [1.165, 1.54) is 0 Å². The summed E-state index contributed by atoms with van der Waals surface area (Å²) in [5.74, 6) is 0. The Hall–Kier alpha value is -0.570.